The number of benzene rings is 1. The van der Waals surface area contributed by atoms with Gasteiger partial charge in [-0.3, -0.25) is 0 Å². The molecule has 0 aliphatic heterocycles. The fourth-order valence-electron chi connectivity index (χ4n) is 1.25. The third-order valence-electron chi connectivity index (χ3n) is 2.73. The maximum absolute atomic E-state index is 9.76. The van der Waals surface area contributed by atoms with Gasteiger partial charge in [0.1, 0.15) is 0 Å². The number of rotatable bonds is 4. The second-order valence-electron chi connectivity index (χ2n) is 4.27. The van der Waals surface area contributed by atoms with Crippen LogP contribution in [0.4, 0.5) is 0 Å². The van der Waals surface area contributed by atoms with E-state index < -0.39 is 12.9 Å². The molecule has 1 rings (SSSR count). The predicted molar refractivity (Wildman–Crippen MR) is 63.7 cm³/mol. The molecule has 1 aromatic rings. The average Bonchev–Trinajstić information content (AvgIpc) is 2.16. The van der Waals surface area contributed by atoms with E-state index in [0.717, 1.165) is 5.56 Å². The van der Waals surface area contributed by atoms with Crippen molar-refractivity contribution in [2.45, 2.75) is 25.9 Å². The Morgan fingerprint density at radius 3 is 2.07 bits per heavy atom. The fourth-order valence-corrected chi connectivity index (χ4v) is 2.45. The van der Waals surface area contributed by atoms with Gasteiger partial charge in [-0.15, -0.1) is 0 Å². The van der Waals surface area contributed by atoms with Crippen molar-refractivity contribution in [1.29, 1.82) is 0 Å². The summed E-state index contributed by atoms with van der Waals surface area (Å²) in [7, 11) is -4.43. The van der Waals surface area contributed by atoms with Gasteiger partial charge in [-0.25, -0.2) is 0 Å². The number of aryl methyl sites for hydroxylation is 1. The van der Waals surface area contributed by atoms with Crippen LogP contribution in [0.25, 0.3) is 0 Å². The van der Waals surface area contributed by atoms with Crippen LogP contribution in [-0.2, 0) is 6.42 Å². The van der Waals surface area contributed by atoms with Gasteiger partial charge in [0.25, 0.3) is 0 Å². The zero-order valence-corrected chi connectivity index (χ0v) is 10.1. The van der Waals surface area contributed by atoms with Gasteiger partial charge in [-0.2, -0.15) is 0 Å². The Balaban J connectivity index is 2.65. The van der Waals surface area contributed by atoms with Gasteiger partial charge >= 0.3 is 89.9 Å². The molecule has 1 aromatic carbocycles. The molecule has 0 saturated carbocycles. The molecule has 0 amide bonds. The van der Waals surface area contributed by atoms with Crippen LogP contribution in [0.3, 0.4) is 0 Å². The summed E-state index contributed by atoms with van der Waals surface area (Å²) in [6.07, 6.45) is 0.521. The van der Waals surface area contributed by atoms with Crippen molar-refractivity contribution in [2.75, 3.05) is 6.16 Å². The van der Waals surface area contributed by atoms with Crippen molar-refractivity contribution >= 4 is 7.28 Å². The van der Waals surface area contributed by atoms with Crippen LogP contribution in [0.5, 0.6) is 0 Å². The Kier molecular flexibility index (Phi) is 3.51. The molecular formula is C11H19O3P. The fraction of sp³-hybridized carbons (Fsp3) is 0.455. The Morgan fingerprint density at radius 1 is 1.07 bits per heavy atom. The molecule has 0 unspecified atom stereocenters. The molecule has 3 nitrogen and oxygen atoms in total. The summed E-state index contributed by atoms with van der Waals surface area (Å²) in [4.78, 5) is 29.3. The van der Waals surface area contributed by atoms with E-state index >= 15 is 0 Å². The Morgan fingerprint density at radius 2 is 1.60 bits per heavy atom. The topological polar surface area (TPSA) is 60.7 Å². The summed E-state index contributed by atoms with van der Waals surface area (Å²) in [5.74, 6) is 0. The van der Waals surface area contributed by atoms with Gasteiger partial charge < -0.3 is 0 Å². The molecule has 0 aromatic heterocycles. The van der Waals surface area contributed by atoms with Crippen LogP contribution >= 0.6 is 7.28 Å². The second-order valence-corrected chi connectivity index (χ2v) is 8.20. The summed E-state index contributed by atoms with van der Waals surface area (Å²) in [6.45, 7) is 3.26. The first-order chi connectivity index (χ1) is 6.80. The number of hydrogen-bond acceptors (Lipinski definition) is 3. The van der Waals surface area contributed by atoms with Crippen LogP contribution in [0.15, 0.2) is 30.3 Å². The van der Waals surface area contributed by atoms with Crippen LogP contribution in [-0.4, -0.2) is 26.5 Å². The molecule has 0 aliphatic rings. The molecule has 0 heterocycles. The van der Waals surface area contributed by atoms with E-state index in [4.69, 9.17) is 0 Å². The molecule has 0 bridgehead atoms. The molecule has 0 atom stereocenters. The normalized spacial score (nSPS) is 14.9. The molecule has 0 radical (unpaired) electrons. The minimum absolute atomic E-state index is 0.0350. The molecule has 15 heavy (non-hydrogen) atoms. The summed E-state index contributed by atoms with van der Waals surface area (Å²) in [5, 5.41) is 0. The van der Waals surface area contributed by atoms with Crippen LogP contribution < -0.4 is 0 Å². The minimum atomic E-state index is -4.43. The van der Waals surface area contributed by atoms with E-state index in [1.807, 2.05) is 30.3 Å². The zero-order chi connectivity index (χ0) is 11.6. The van der Waals surface area contributed by atoms with Crippen molar-refractivity contribution in [1.82, 2.24) is 0 Å². The summed E-state index contributed by atoms with van der Waals surface area (Å²) in [6, 6.07) is 9.51. The van der Waals surface area contributed by atoms with Crippen molar-refractivity contribution in [3.63, 3.8) is 0 Å². The first-order valence-corrected chi connectivity index (χ1v) is 7.44. The Hall–Kier alpha value is -0.470. The predicted octanol–water partition coefficient (Wildman–Crippen LogP) is 1.91. The SMILES string of the molecule is CC(C)P(O)(O)(O)CCc1ccccc1. The Bertz CT molecular complexity index is 314. The average molecular weight is 230 g/mol. The van der Waals surface area contributed by atoms with Crippen LogP contribution in [0.2, 0.25) is 0 Å². The van der Waals surface area contributed by atoms with Crippen molar-refractivity contribution in [3.05, 3.63) is 35.9 Å². The molecule has 0 fully saturated rings. The standard InChI is InChI=1S/C11H19O3P/c1-10(2)15(12,13,14)9-8-11-6-4-3-5-7-11/h3-7,10,12-14H,8-9H2,1-2H3. The van der Waals surface area contributed by atoms with Crippen LogP contribution in [0.1, 0.15) is 19.4 Å². The Labute approximate surface area is 90.6 Å². The van der Waals surface area contributed by atoms with E-state index in [2.05, 4.69) is 0 Å². The molecular weight excluding hydrogens is 211 g/mol. The van der Waals surface area contributed by atoms with E-state index in [1.165, 1.54) is 0 Å². The zero-order valence-electron chi connectivity index (χ0n) is 9.17. The second kappa shape index (κ2) is 4.18. The molecule has 86 valence electrons. The van der Waals surface area contributed by atoms with Gasteiger partial charge in [0.05, 0.1) is 0 Å². The number of hydrogen-bond donors (Lipinski definition) is 3. The van der Waals surface area contributed by atoms with Gasteiger partial charge in [-0.1, -0.05) is 0 Å². The van der Waals surface area contributed by atoms with Crippen molar-refractivity contribution in [3.8, 4) is 0 Å². The summed E-state index contributed by atoms with van der Waals surface area (Å²) >= 11 is 0. The molecule has 4 heteroatoms. The van der Waals surface area contributed by atoms with Gasteiger partial charge in [-0.05, 0) is 0 Å². The summed E-state index contributed by atoms with van der Waals surface area (Å²) in [5.41, 5.74) is 0.504. The van der Waals surface area contributed by atoms with Gasteiger partial charge in [0, 0.05) is 0 Å². The van der Waals surface area contributed by atoms with Crippen molar-refractivity contribution < 1.29 is 14.7 Å². The molecule has 3 N–H and O–H groups in total. The summed E-state index contributed by atoms with van der Waals surface area (Å²) < 4.78 is 0. The molecule has 0 aliphatic carbocycles. The molecule has 0 spiro atoms. The monoisotopic (exact) mass is 230 g/mol. The van der Waals surface area contributed by atoms with Crippen molar-refractivity contribution in [2.24, 2.45) is 0 Å². The first kappa shape index (κ1) is 12.6. The van der Waals surface area contributed by atoms with Gasteiger partial charge in [0.2, 0.25) is 0 Å². The third kappa shape index (κ3) is 3.54. The quantitative estimate of drug-likeness (QED) is 0.692. The maximum atomic E-state index is 9.76. The van der Waals surface area contributed by atoms with E-state index in [0.29, 0.717) is 6.42 Å². The van der Waals surface area contributed by atoms with Crippen LogP contribution in [0, 0.1) is 0 Å². The van der Waals surface area contributed by atoms with E-state index in [9.17, 15) is 14.7 Å². The van der Waals surface area contributed by atoms with Gasteiger partial charge in [0.15, 0.2) is 0 Å². The van der Waals surface area contributed by atoms with E-state index in [-0.39, 0.29) is 6.16 Å². The first-order valence-electron chi connectivity index (χ1n) is 5.09. The third-order valence-corrected chi connectivity index (χ3v) is 5.93. The molecule has 0 saturated heterocycles. The van der Waals surface area contributed by atoms with E-state index in [1.54, 1.807) is 13.8 Å².